The van der Waals surface area contributed by atoms with Gasteiger partial charge in [-0.1, -0.05) is 32.0 Å². The minimum atomic E-state index is -0.414. The van der Waals surface area contributed by atoms with Gasteiger partial charge in [0.1, 0.15) is 17.2 Å². The molecule has 2 aromatic carbocycles. The van der Waals surface area contributed by atoms with E-state index < -0.39 is 5.91 Å². The van der Waals surface area contributed by atoms with E-state index in [1.165, 1.54) is 24.4 Å². The van der Waals surface area contributed by atoms with E-state index in [0.717, 1.165) is 5.56 Å². The van der Waals surface area contributed by atoms with Crippen LogP contribution in [0.1, 0.15) is 30.9 Å². The molecule has 24 heavy (non-hydrogen) atoms. The van der Waals surface area contributed by atoms with Crippen molar-refractivity contribution in [1.82, 2.24) is 5.43 Å². The van der Waals surface area contributed by atoms with E-state index in [2.05, 4.69) is 24.4 Å². The van der Waals surface area contributed by atoms with Gasteiger partial charge in [0, 0.05) is 11.6 Å². The lowest BCUT2D eigenvalue weighted by Gasteiger charge is -2.12. The summed E-state index contributed by atoms with van der Waals surface area (Å²) in [5.41, 5.74) is 3.73. The van der Waals surface area contributed by atoms with Gasteiger partial charge in [-0.2, -0.15) is 5.10 Å². The predicted octanol–water partition coefficient (Wildman–Crippen LogP) is 2.75. The van der Waals surface area contributed by atoms with Crippen molar-refractivity contribution in [1.29, 1.82) is 0 Å². The summed E-state index contributed by atoms with van der Waals surface area (Å²) in [6.07, 6.45) is 1.29. The largest absolute Gasteiger partial charge is 0.508 e. The van der Waals surface area contributed by atoms with Crippen LogP contribution in [0.3, 0.4) is 0 Å². The number of phenolic OH excluding ortho intramolecular Hbond substituents is 2. The van der Waals surface area contributed by atoms with E-state index in [0.29, 0.717) is 17.2 Å². The summed E-state index contributed by atoms with van der Waals surface area (Å²) in [7, 11) is 0. The number of aromatic hydroxyl groups is 2. The van der Waals surface area contributed by atoms with Crippen molar-refractivity contribution in [3.63, 3.8) is 0 Å². The Hall–Kier alpha value is -3.02. The fourth-order valence-corrected chi connectivity index (χ4v) is 2.08. The van der Waals surface area contributed by atoms with Crippen molar-refractivity contribution in [3.05, 3.63) is 53.6 Å². The molecular weight excluding hydrogens is 308 g/mol. The lowest BCUT2D eigenvalue weighted by molar-refractivity contribution is -0.123. The molecule has 0 unspecified atom stereocenters. The second kappa shape index (κ2) is 8.01. The molecule has 3 N–H and O–H groups in total. The number of hydrogen-bond acceptors (Lipinski definition) is 5. The highest BCUT2D eigenvalue weighted by molar-refractivity contribution is 5.85. The van der Waals surface area contributed by atoms with Crippen LogP contribution < -0.4 is 10.2 Å². The third kappa shape index (κ3) is 4.74. The third-order valence-electron chi connectivity index (χ3n) is 3.31. The van der Waals surface area contributed by atoms with Gasteiger partial charge < -0.3 is 14.9 Å². The van der Waals surface area contributed by atoms with Gasteiger partial charge in [-0.3, -0.25) is 4.79 Å². The third-order valence-corrected chi connectivity index (χ3v) is 3.31. The van der Waals surface area contributed by atoms with E-state index >= 15 is 0 Å². The van der Waals surface area contributed by atoms with Crippen LogP contribution in [-0.2, 0) is 4.79 Å². The Balaban J connectivity index is 1.89. The first-order chi connectivity index (χ1) is 11.5. The molecule has 0 aromatic heterocycles. The number of carbonyl (C=O) groups excluding carboxylic acids is 1. The second-order valence-corrected chi connectivity index (χ2v) is 5.52. The standard InChI is InChI=1S/C18H20N2O4/c1-12(2)15-5-3-4-6-17(15)24-11-18(23)20-19-10-13-7-8-14(21)9-16(13)22/h3-10,12,21-22H,11H2,1-2H3,(H,20,23). The smallest absolute Gasteiger partial charge is 0.277 e. The Labute approximate surface area is 140 Å². The van der Waals surface area contributed by atoms with Crippen LogP contribution in [0.25, 0.3) is 0 Å². The minimum Gasteiger partial charge on any atom is -0.508 e. The molecule has 0 atom stereocenters. The number of nitrogens with zero attached hydrogens (tertiary/aromatic N) is 1. The lowest BCUT2D eigenvalue weighted by atomic mass is 10.0. The van der Waals surface area contributed by atoms with Gasteiger partial charge in [0.2, 0.25) is 0 Å². The predicted molar refractivity (Wildman–Crippen MR) is 91.5 cm³/mol. The highest BCUT2D eigenvalue weighted by Crippen LogP contribution is 2.25. The number of para-hydroxylation sites is 1. The summed E-state index contributed by atoms with van der Waals surface area (Å²) >= 11 is 0. The molecule has 0 radical (unpaired) electrons. The Morgan fingerprint density at radius 1 is 1.25 bits per heavy atom. The van der Waals surface area contributed by atoms with Crippen molar-refractivity contribution < 1.29 is 19.7 Å². The topological polar surface area (TPSA) is 91.2 Å². The number of hydrogen-bond donors (Lipinski definition) is 3. The van der Waals surface area contributed by atoms with Crippen molar-refractivity contribution >= 4 is 12.1 Å². The molecule has 0 aliphatic heterocycles. The van der Waals surface area contributed by atoms with Crippen molar-refractivity contribution in [2.24, 2.45) is 5.10 Å². The first-order valence-corrected chi connectivity index (χ1v) is 7.53. The Bertz CT molecular complexity index is 742. The number of phenols is 2. The summed E-state index contributed by atoms with van der Waals surface area (Å²) in [6, 6.07) is 11.6. The summed E-state index contributed by atoms with van der Waals surface area (Å²) in [5, 5.41) is 22.6. The molecule has 0 spiro atoms. The first kappa shape index (κ1) is 17.3. The molecule has 0 heterocycles. The number of carbonyl (C=O) groups is 1. The number of nitrogens with one attached hydrogen (secondary N) is 1. The number of amides is 1. The zero-order valence-electron chi connectivity index (χ0n) is 13.6. The molecule has 6 nitrogen and oxygen atoms in total. The van der Waals surface area contributed by atoms with E-state index in [1.54, 1.807) is 0 Å². The molecule has 0 aliphatic carbocycles. The Morgan fingerprint density at radius 2 is 2.00 bits per heavy atom. The fourth-order valence-electron chi connectivity index (χ4n) is 2.08. The molecule has 0 bridgehead atoms. The van der Waals surface area contributed by atoms with Crippen LogP contribution in [0.4, 0.5) is 0 Å². The summed E-state index contributed by atoms with van der Waals surface area (Å²) < 4.78 is 5.53. The number of rotatable bonds is 6. The van der Waals surface area contributed by atoms with Crippen LogP contribution in [0.2, 0.25) is 0 Å². The monoisotopic (exact) mass is 328 g/mol. The van der Waals surface area contributed by atoms with Crippen molar-refractivity contribution in [2.45, 2.75) is 19.8 Å². The normalized spacial score (nSPS) is 11.0. The average Bonchev–Trinajstić information content (AvgIpc) is 2.55. The molecule has 6 heteroatoms. The molecule has 126 valence electrons. The van der Waals surface area contributed by atoms with Crippen molar-refractivity contribution in [2.75, 3.05) is 6.61 Å². The van der Waals surface area contributed by atoms with Gasteiger partial charge >= 0.3 is 0 Å². The Kier molecular flexibility index (Phi) is 5.78. The summed E-state index contributed by atoms with van der Waals surface area (Å²) in [5.74, 6) is 0.367. The van der Waals surface area contributed by atoms with Gasteiger partial charge in [0.25, 0.3) is 5.91 Å². The van der Waals surface area contributed by atoms with Gasteiger partial charge in [-0.25, -0.2) is 5.43 Å². The minimum absolute atomic E-state index is 0.0501. The molecule has 2 rings (SSSR count). The van der Waals surface area contributed by atoms with Crippen LogP contribution >= 0.6 is 0 Å². The maximum atomic E-state index is 11.8. The van der Waals surface area contributed by atoms with Gasteiger partial charge in [-0.15, -0.1) is 0 Å². The van der Waals surface area contributed by atoms with Crippen molar-refractivity contribution in [3.8, 4) is 17.2 Å². The van der Waals surface area contributed by atoms with Crippen LogP contribution in [-0.4, -0.2) is 28.9 Å². The van der Waals surface area contributed by atoms with E-state index in [-0.39, 0.29) is 18.1 Å². The van der Waals surface area contributed by atoms with Gasteiger partial charge in [-0.05, 0) is 29.7 Å². The molecule has 1 amide bonds. The molecule has 0 aliphatic rings. The lowest BCUT2D eigenvalue weighted by Crippen LogP contribution is -2.24. The van der Waals surface area contributed by atoms with Crippen LogP contribution in [0.15, 0.2) is 47.6 Å². The van der Waals surface area contributed by atoms with Gasteiger partial charge in [0.05, 0.1) is 6.21 Å². The molecule has 0 fully saturated rings. The van der Waals surface area contributed by atoms with E-state index in [4.69, 9.17) is 4.74 Å². The highest BCUT2D eigenvalue weighted by atomic mass is 16.5. The molecule has 2 aromatic rings. The van der Waals surface area contributed by atoms with Gasteiger partial charge in [0.15, 0.2) is 6.61 Å². The summed E-state index contributed by atoms with van der Waals surface area (Å²) in [4.78, 5) is 11.8. The zero-order chi connectivity index (χ0) is 17.5. The zero-order valence-corrected chi connectivity index (χ0v) is 13.6. The Morgan fingerprint density at radius 3 is 2.71 bits per heavy atom. The average molecular weight is 328 g/mol. The number of benzene rings is 2. The molecule has 0 saturated carbocycles. The fraction of sp³-hybridized carbons (Fsp3) is 0.222. The number of hydrazone groups is 1. The quantitative estimate of drug-likeness (QED) is 0.562. The summed E-state index contributed by atoms with van der Waals surface area (Å²) in [6.45, 7) is 3.94. The number of ether oxygens (including phenoxy) is 1. The molecular formula is C18H20N2O4. The SMILES string of the molecule is CC(C)c1ccccc1OCC(=O)NN=Cc1ccc(O)cc1O. The molecule has 0 saturated heterocycles. The van der Waals surface area contributed by atoms with E-state index in [9.17, 15) is 15.0 Å². The second-order valence-electron chi connectivity index (χ2n) is 5.52. The highest BCUT2D eigenvalue weighted by Gasteiger charge is 2.08. The maximum Gasteiger partial charge on any atom is 0.277 e. The van der Waals surface area contributed by atoms with Crippen LogP contribution in [0.5, 0.6) is 17.2 Å². The van der Waals surface area contributed by atoms with Crippen LogP contribution in [0, 0.1) is 0 Å². The maximum absolute atomic E-state index is 11.8. The van der Waals surface area contributed by atoms with E-state index in [1.807, 2.05) is 24.3 Å². The first-order valence-electron chi connectivity index (χ1n) is 7.53.